The fraction of sp³-hybridized carbons (Fsp3) is 0.714. The molecule has 1 amide bonds. The first kappa shape index (κ1) is 16.8. The van der Waals surface area contributed by atoms with Crippen molar-refractivity contribution in [3.63, 3.8) is 0 Å². The van der Waals surface area contributed by atoms with Crippen molar-refractivity contribution >= 4 is 11.7 Å². The van der Waals surface area contributed by atoms with Gasteiger partial charge in [0.1, 0.15) is 5.78 Å². The maximum Gasteiger partial charge on any atom is 0.222 e. The normalized spacial score (nSPS) is 12.9. The van der Waals surface area contributed by atoms with Gasteiger partial charge in [0, 0.05) is 18.9 Å². The Kier molecular flexibility index (Phi) is 9.19. The van der Waals surface area contributed by atoms with E-state index >= 15 is 0 Å². The second-order valence-electron chi connectivity index (χ2n) is 4.85. The maximum atomic E-state index is 11.2. The highest BCUT2D eigenvalue weighted by Crippen LogP contribution is 2.00. The lowest BCUT2D eigenvalue weighted by atomic mass is 10.1. The standard InChI is InChI=1S/C14H26N2O2/c1-11(2)14(18)16-10-8-6-4-5-7-9-13(17)12(3)15/h4,6,11-12H,5,7-10,15H2,1-3H3,(H,16,18). The minimum absolute atomic E-state index is 0.0400. The molecule has 0 saturated heterocycles. The van der Waals surface area contributed by atoms with Crippen LogP contribution < -0.4 is 11.1 Å². The molecule has 1 atom stereocenters. The van der Waals surface area contributed by atoms with Gasteiger partial charge in [-0.15, -0.1) is 0 Å². The maximum absolute atomic E-state index is 11.2. The van der Waals surface area contributed by atoms with E-state index in [1.54, 1.807) is 6.92 Å². The third-order valence-corrected chi connectivity index (χ3v) is 2.60. The van der Waals surface area contributed by atoms with Gasteiger partial charge < -0.3 is 11.1 Å². The van der Waals surface area contributed by atoms with Crippen LogP contribution in [0.2, 0.25) is 0 Å². The average molecular weight is 254 g/mol. The van der Waals surface area contributed by atoms with Gasteiger partial charge >= 0.3 is 0 Å². The van der Waals surface area contributed by atoms with Crippen LogP contribution >= 0.6 is 0 Å². The highest BCUT2D eigenvalue weighted by Gasteiger charge is 2.05. The highest BCUT2D eigenvalue weighted by molar-refractivity contribution is 5.83. The minimum atomic E-state index is -0.347. The van der Waals surface area contributed by atoms with Crippen molar-refractivity contribution < 1.29 is 9.59 Å². The number of rotatable bonds is 9. The van der Waals surface area contributed by atoms with Crippen LogP contribution in [0.4, 0.5) is 0 Å². The van der Waals surface area contributed by atoms with Gasteiger partial charge in [0.25, 0.3) is 0 Å². The van der Waals surface area contributed by atoms with E-state index in [-0.39, 0.29) is 23.7 Å². The molecule has 0 fully saturated rings. The SMILES string of the molecule is CC(C)C(=O)NCCC=CCCCC(=O)C(C)N. The van der Waals surface area contributed by atoms with E-state index in [0.29, 0.717) is 13.0 Å². The van der Waals surface area contributed by atoms with Gasteiger partial charge in [-0.25, -0.2) is 0 Å². The van der Waals surface area contributed by atoms with E-state index in [1.165, 1.54) is 0 Å². The van der Waals surface area contributed by atoms with Crippen molar-refractivity contribution in [2.24, 2.45) is 11.7 Å². The number of ketones is 1. The van der Waals surface area contributed by atoms with Crippen LogP contribution in [0.15, 0.2) is 12.2 Å². The molecule has 104 valence electrons. The van der Waals surface area contributed by atoms with Crippen molar-refractivity contribution in [2.45, 2.75) is 52.5 Å². The van der Waals surface area contributed by atoms with E-state index in [9.17, 15) is 9.59 Å². The zero-order valence-electron chi connectivity index (χ0n) is 11.7. The van der Waals surface area contributed by atoms with Gasteiger partial charge in [0.05, 0.1) is 6.04 Å². The van der Waals surface area contributed by atoms with Crippen molar-refractivity contribution in [1.29, 1.82) is 0 Å². The largest absolute Gasteiger partial charge is 0.356 e. The Hall–Kier alpha value is -1.16. The lowest BCUT2D eigenvalue weighted by Crippen LogP contribution is -2.28. The summed E-state index contributed by atoms with van der Waals surface area (Å²) in [4.78, 5) is 22.5. The Balaban J connectivity index is 3.45. The molecule has 0 rings (SSSR count). The first-order chi connectivity index (χ1) is 8.45. The zero-order chi connectivity index (χ0) is 14.0. The molecule has 18 heavy (non-hydrogen) atoms. The Labute approximate surface area is 110 Å². The Bertz CT molecular complexity index is 256. The molecular weight excluding hydrogens is 228 g/mol. The summed E-state index contributed by atoms with van der Waals surface area (Å²) in [5.74, 6) is 0.247. The van der Waals surface area contributed by atoms with Crippen molar-refractivity contribution in [2.75, 3.05) is 6.54 Å². The summed E-state index contributed by atoms with van der Waals surface area (Å²) in [6, 6.07) is -0.347. The molecule has 4 heteroatoms. The first-order valence-corrected chi connectivity index (χ1v) is 6.66. The summed E-state index contributed by atoms with van der Waals surface area (Å²) in [6.45, 7) is 6.14. The Morgan fingerprint density at radius 2 is 1.78 bits per heavy atom. The van der Waals surface area contributed by atoms with Gasteiger partial charge in [0.15, 0.2) is 0 Å². The summed E-state index contributed by atoms with van der Waals surface area (Å²) < 4.78 is 0. The monoisotopic (exact) mass is 254 g/mol. The molecule has 0 aromatic rings. The van der Waals surface area contributed by atoms with Crippen molar-refractivity contribution in [1.82, 2.24) is 5.32 Å². The first-order valence-electron chi connectivity index (χ1n) is 6.66. The Morgan fingerprint density at radius 1 is 1.17 bits per heavy atom. The zero-order valence-corrected chi connectivity index (χ0v) is 11.7. The number of carbonyl (C=O) groups excluding carboxylic acids is 2. The van der Waals surface area contributed by atoms with Gasteiger partial charge in [-0.1, -0.05) is 26.0 Å². The number of nitrogens with one attached hydrogen (secondary N) is 1. The van der Waals surface area contributed by atoms with E-state index in [2.05, 4.69) is 11.4 Å². The summed E-state index contributed by atoms with van der Waals surface area (Å²) in [6.07, 6.45) is 7.20. The number of allylic oxidation sites excluding steroid dienone is 1. The van der Waals surface area contributed by atoms with Crippen LogP contribution in [0.5, 0.6) is 0 Å². The summed E-state index contributed by atoms with van der Waals surface area (Å²) in [5.41, 5.74) is 5.46. The molecule has 3 N–H and O–H groups in total. The number of hydrogen-bond donors (Lipinski definition) is 2. The Morgan fingerprint density at radius 3 is 2.33 bits per heavy atom. The molecular formula is C14H26N2O2. The molecule has 0 aliphatic heterocycles. The third-order valence-electron chi connectivity index (χ3n) is 2.60. The number of hydrogen-bond acceptors (Lipinski definition) is 3. The number of Topliss-reactive ketones (excluding diaryl/α,β-unsaturated/α-hetero) is 1. The van der Waals surface area contributed by atoms with E-state index in [1.807, 2.05) is 19.9 Å². The minimum Gasteiger partial charge on any atom is -0.356 e. The third kappa shape index (κ3) is 8.93. The van der Waals surface area contributed by atoms with Gasteiger partial charge in [-0.05, 0) is 26.2 Å². The second kappa shape index (κ2) is 9.83. The predicted molar refractivity (Wildman–Crippen MR) is 74.1 cm³/mol. The van der Waals surface area contributed by atoms with Crippen molar-refractivity contribution in [3.8, 4) is 0 Å². The predicted octanol–water partition coefficient (Wildman–Crippen LogP) is 1.79. The van der Waals surface area contributed by atoms with Crippen molar-refractivity contribution in [3.05, 3.63) is 12.2 Å². The van der Waals surface area contributed by atoms with Crippen LogP contribution in [0.25, 0.3) is 0 Å². The highest BCUT2D eigenvalue weighted by atomic mass is 16.1. The summed E-state index contributed by atoms with van der Waals surface area (Å²) >= 11 is 0. The molecule has 0 aliphatic carbocycles. The van der Waals surface area contributed by atoms with Crippen LogP contribution in [0.1, 0.15) is 46.5 Å². The van der Waals surface area contributed by atoms with E-state index < -0.39 is 0 Å². The second-order valence-corrected chi connectivity index (χ2v) is 4.85. The van der Waals surface area contributed by atoms with E-state index in [4.69, 9.17) is 5.73 Å². The molecule has 0 aliphatic rings. The molecule has 1 unspecified atom stereocenters. The van der Waals surface area contributed by atoms with Crippen LogP contribution in [-0.4, -0.2) is 24.3 Å². The van der Waals surface area contributed by atoms with Gasteiger partial charge in [-0.3, -0.25) is 9.59 Å². The lowest BCUT2D eigenvalue weighted by molar-refractivity contribution is -0.124. The number of nitrogens with two attached hydrogens (primary N) is 1. The van der Waals surface area contributed by atoms with Gasteiger partial charge in [-0.2, -0.15) is 0 Å². The smallest absolute Gasteiger partial charge is 0.222 e. The molecule has 0 saturated carbocycles. The number of unbranched alkanes of at least 4 members (excludes halogenated alkanes) is 1. The van der Waals surface area contributed by atoms with Crippen LogP contribution in [-0.2, 0) is 9.59 Å². The molecule has 0 spiro atoms. The lowest BCUT2D eigenvalue weighted by Gasteiger charge is -2.05. The van der Waals surface area contributed by atoms with E-state index in [0.717, 1.165) is 19.3 Å². The fourth-order valence-electron chi connectivity index (χ4n) is 1.34. The molecule has 4 nitrogen and oxygen atoms in total. The topological polar surface area (TPSA) is 72.2 Å². The average Bonchev–Trinajstić information content (AvgIpc) is 2.31. The number of carbonyl (C=O) groups is 2. The summed E-state index contributed by atoms with van der Waals surface area (Å²) in [5, 5.41) is 2.85. The fourth-order valence-corrected chi connectivity index (χ4v) is 1.34. The number of amides is 1. The molecule has 0 heterocycles. The van der Waals surface area contributed by atoms with Gasteiger partial charge in [0.2, 0.25) is 5.91 Å². The molecule has 0 aromatic carbocycles. The quantitative estimate of drug-likeness (QED) is 0.487. The molecule has 0 radical (unpaired) electrons. The molecule has 0 bridgehead atoms. The van der Waals surface area contributed by atoms with Crippen LogP contribution in [0, 0.1) is 5.92 Å². The summed E-state index contributed by atoms with van der Waals surface area (Å²) in [7, 11) is 0. The van der Waals surface area contributed by atoms with Crippen LogP contribution in [0.3, 0.4) is 0 Å². The molecule has 0 aromatic heterocycles.